The molecule has 0 aliphatic carbocycles. The van der Waals surface area contributed by atoms with E-state index in [4.69, 9.17) is 4.74 Å². The summed E-state index contributed by atoms with van der Waals surface area (Å²) in [7, 11) is 1.30. The van der Waals surface area contributed by atoms with E-state index in [-0.39, 0.29) is 4.91 Å². The number of nitrogens with one attached hydrogen (secondary N) is 1. The summed E-state index contributed by atoms with van der Waals surface area (Å²) >= 11 is 2.52. The van der Waals surface area contributed by atoms with Gasteiger partial charge in [-0.15, -0.1) is 11.3 Å². The number of fused-ring (bicyclic) bond motifs is 1. The summed E-state index contributed by atoms with van der Waals surface area (Å²) in [6, 6.07) is 12.1. The number of thioether (sulfide) groups is 1. The summed E-state index contributed by atoms with van der Waals surface area (Å²) in [6.07, 6.45) is 1.28. The Labute approximate surface area is 181 Å². The zero-order valence-electron chi connectivity index (χ0n) is 16.1. The lowest BCUT2D eigenvalue weighted by molar-refractivity contribution is -0.137. The van der Waals surface area contributed by atoms with Crippen molar-refractivity contribution in [3.63, 3.8) is 0 Å². The van der Waals surface area contributed by atoms with Crippen molar-refractivity contribution in [1.29, 1.82) is 0 Å². The second kappa shape index (κ2) is 8.29. The van der Waals surface area contributed by atoms with Crippen LogP contribution >= 0.6 is 23.1 Å². The molecule has 1 atom stereocenters. The van der Waals surface area contributed by atoms with Crippen molar-refractivity contribution >= 4 is 51.7 Å². The number of thiophene rings is 1. The highest BCUT2D eigenvalue weighted by Gasteiger charge is 2.42. The van der Waals surface area contributed by atoms with Crippen LogP contribution < -0.4 is 5.32 Å². The van der Waals surface area contributed by atoms with Gasteiger partial charge in [-0.3, -0.25) is 14.5 Å². The molecule has 0 spiro atoms. The fraction of sp³-hybridized carbons (Fsp3) is 0.143. The SMILES string of the molecule is COC(=O)C1=C(C)N=C2SC(C(=O)Nc3ccccc3)=CC(=O)N2C1c1cccs1. The first kappa shape index (κ1) is 20.1. The fourth-order valence-corrected chi connectivity index (χ4v) is 5.01. The van der Waals surface area contributed by atoms with Crippen molar-refractivity contribution in [3.8, 4) is 0 Å². The lowest BCUT2D eigenvalue weighted by Gasteiger charge is -2.37. The summed E-state index contributed by atoms with van der Waals surface area (Å²) in [5, 5.41) is 5.00. The second-order valence-corrected chi connectivity index (χ2v) is 8.43. The average Bonchev–Trinajstić information content (AvgIpc) is 3.27. The molecule has 9 heteroatoms. The van der Waals surface area contributed by atoms with E-state index in [9.17, 15) is 14.4 Å². The predicted octanol–water partition coefficient (Wildman–Crippen LogP) is 3.70. The number of aliphatic imine (C=N–C) groups is 1. The smallest absolute Gasteiger partial charge is 0.338 e. The number of rotatable bonds is 4. The molecule has 2 aliphatic heterocycles. The van der Waals surface area contributed by atoms with Crippen LogP contribution in [-0.2, 0) is 19.1 Å². The molecule has 0 fully saturated rings. The van der Waals surface area contributed by atoms with E-state index in [1.54, 1.807) is 19.1 Å². The molecule has 1 aromatic heterocycles. The summed E-state index contributed by atoms with van der Waals surface area (Å²) in [4.78, 5) is 45.2. The van der Waals surface area contributed by atoms with Gasteiger partial charge in [0.1, 0.15) is 6.04 Å². The van der Waals surface area contributed by atoms with Crippen LogP contribution in [0, 0.1) is 0 Å². The van der Waals surface area contributed by atoms with E-state index in [1.165, 1.54) is 29.4 Å². The Morgan fingerprint density at radius 1 is 1.17 bits per heavy atom. The molecule has 0 saturated heterocycles. The number of hydrogen-bond donors (Lipinski definition) is 1. The van der Waals surface area contributed by atoms with Gasteiger partial charge >= 0.3 is 5.97 Å². The van der Waals surface area contributed by atoms with Crippen molar-refractivity contribution in [3.05, 3.63) is 75.0 Å². The quantitative estimate of drug-likeness (QED) is 0.734. The number of allylic oxidation sites excluding steroid dienone is 1. The molecule has 0 saturated carbocycles. The van der Waals surface area contributed by atoms with E-state index < -0.39 is 23.8 Å². The number of esters is 1. The van der Waals surface area contributed by atoms with Crippen LogP contribution in [0.5, 0.6) is 0 Å². The molecular weight excluding hydrogens is 422 g/mol. The fourth-order valence-electron chi connectivity index (χ4n) is 3.21. The lowest BCUT2D eigenvalue weighted by Crippen LogP contribution is -2.44. The lowest BCUT2D eigenvalue weighted by atomic mass is 10.0. The van der Waals surface area contributed by atoms with Crippen molar-refractivity contribution in [2.45, 2.75) is 13.0 Å². The summed E-state index contributed by atoms with van der Waals surface area (Å²) in [5.74, 6) is -1.35. The molecule has 2 aromatic rings. The third kappa shape index (κ3) is 3.69. The molecule has 30 heavy (non-hydrogen) atoms. The Bertz CT molecular complexity index is 1100. The number of benzene rings is 1. The van der Waals surface area contributed by atoms with Crippen LogP contribution in [0.3, 0.4) is 0 Å². The third-order valence-corrected chi connectivity index (χ3v) is 6.48. The molecule has 0 bridgehead atoms. The van der Waals surface area contributed by atoms with Crippen LogP contribution in [0.25, 0.3) is 0 Å². The maximum absolute atomic E-state index is 13.1. The van der Waals surface area contributed by atoms with Crippen LogP contribution in [0.1, 0.15) is 17.8 Å². The van der Waals surface area contributed by atoms with E-state index >= 15 is 0 Å². The van der Waals surface area contributed by atoms with E-state index in [0.29, 0.717) is 22.1 Å². The molecule has 1 aromatic carbocycles. The Kier molecular flexibility index (Phi) is 5.56. The molecule has 1 N–H and O–H groups in total. The minimum absolute atomic E-state index is 0.234. The van der Waals surface area contributed by atoms with Gasteiger partial charge in [0.2, 0.25) is 0 Å². The van der Waals surface area contributed by atoms with Crippen molar-refractivity contribution in [2.75, 3.05) is 12.4 Å². The molecule has 1 unspecified atom stereocenters. The predicted molar refractivity (Wildman–Crippen MR) is 117 cm³/mol. The Morgan fingerprint density at radius 3 is 2.60 bits per heavy atom. The normalized spacial score (nSPS) is 18.4. The molecule has 2 amide bonds. The molecular formula is C21H17N3O4S2. The molecule has 2 aliphatic rings. The number of carbonyl (C=O) groups excluding carboxylic acids is 3. The number of amides is 2. The molecule has 0 radical (unpaired) electrons. The monoisotopic (exact) mass is 439 g/mol. The van der Waals surface area contributed by atoms with Crippen LogP contribution in [0.2, 0.25) is 0 Å². The van der Waals surface area contributed by atoms with E-state index in [0.717, 1.165) is 16.6 Å². The average molecular weight is 440 g/mol. The van der Waals surface area contributed by atoms with E-state index in [2.05, 4.69) is 10.3 Å². The van der Waals surface area contributed by atoms with Gasteiger partial charge in [0.25, 0.3) is 11.8 Å². The number of para-hydroxylation sites is 1. The van der Waals surface area contributed by atoms with Crippen LogP contribution in [0.4, 0.5) is 5.69 Å². The van der Waals surface area contributed by atoms with Gasteiger partial charge in [-0.2, -0.15) is 0 Å². The van der Waals surface area contributed by atoms with Crippen LogP contribution in [-0.4, -0.2) is 35.0 Å². The molecule has 152 valence electrons. The highest BCUT2D eigenvalue weighted by atomic mass is 32.2. The number of anilines is 1. The zero-order valence-corrected chi connectivity index (χ0v) is 17.8. The minimum Gasteiger partial charge on any atom is -0.466 e. The molecule has 7 nitrogen and oxygen atoms in total. The van der Waals surface area contributed by atoms with Crippen LogP contribution in [0.15, 0.2) is 75.1 Å². The van der Waals surface area contributed by atoms with Gasteiger partial charge < -0.3 is 10.1 Å². The van der Waals surface area contributed by atoms with E-state index in [1.807, 2.05) is 35.7 Å². The van der Waals surface area contributed by atoms with Gasteiger partial charge in [0.15, 0.2) is 5.17 Å². The number of nitrogens with zero attached hydrogens (tertiary/aromatic N) is 2. The number of amidine groups is 1. The molecule has 3 heterocycles. The maximum Gasteiger partial charge on any atom is 0.338 e. The van der Waals surface area contributed by atoms with Crippen molar-refractivity contribution in [2.24, 2.45) is 4.99 Å². The Morgan fingerprint density at radius 2 is 1.93 bits per heavy atom. The van der Waals surface area contributed by atoms with Gasteiger partial charge in [0, 0.05) is 16.6 Å². The van der Waals surface area contributed by atoms with Crippen molar-refractivity contribution < 1.29 is 19.1 Å². The second-order valence-electron chi connectivity index (χ2n) is 6.44. The summed E-state index contributed by atoms with van der Waals surface area (Å²) in [5.41, 5.74) is 1.39. The number of hydrogen-bond acceptors (Lipinski definition) is 7. The van der Waals surface area contributed by atoms with Gasteiger partial charge in [-0.1, -0.05) is 24.3 Å². The number of methoxy groups -OCH3 is 1. The van der Waals surface area contributed by atoms with Gasteiger partial charge in [0.05, 0.1) is 23.3 Å². The topological polar surface area (TPSA) is 88.1 Å². The largest absolute Gasteiger partial charge is 0.466 e. The van der Waals surface area contributed by atoms with Gasteiger partial charge in [-0.05, 0) is 42.3 Å². The molecule has 4 rings (SSSR count). The minimum atomic E-state index is -0.653. The third-order valence-electron chi connectivity index (χ3n) is 4.56. The van der Waals surface area contributed by atoms with Gasteiger partial charge in [-0.25, -0.2) is 9.79 Å². The van der Waals surface area contributed by atoms with Crippen molar-refractivity contribution in [1.82, 2.24) is 4.90 Å². The zero-order chi connectivity index (χ0) is 21.3. The number of ether oxygens (including phenoxy) is 1. The maximum atomic E-state index is 13.1. The Balaban J connectivity index is 1.71. The highest BCUT2D eigenvalue weighted by Crippen LogP contribution is 2.43. The Hall–Kier alpha value is -3.17. The first-order valence-corrected chi connectivity index (χ1v) is 10.7. The number of carbonyl (C=O) groups is 3. The first-order valence-electron chi connectivity index (χ1n) is 9.00. The summed E-state index contributed by atoms with van der Waals surface area (Å²) in [6.45, 7) is 1.70. The highest BCUT2D eigenvalue weighted by molar-refractivity contribution is 8.18. The standard InChI is InChI=1S/C21H17N3O4S2/c1-12-17(20(27)28-2)18(14-9-6-10-29-14)24-16(25)11-15(30-21(24)22-12)19(26)23-13-7-4-3-5-8-13/h3-11,18H,1-2H3,(H,23,26). The first-order chi connectivity index (χ1) is 14.5. The summed E-state index contributed by atoms with van der Waals surface area (Å²) < 4.78 is 4.94.